The highest BCUT2D eigenvalue weighted by Crippen LogP contribution is 2.18. The van der Waals surface area contributed by atoms with Crippen molar-refractivity contribution < 1.29 is 18.7 Å². The molecule has 0 aliphatic rings. The minimum atomic E-state index is -2.45. The summed E-state index contributed by atoms with van der Waals surface area (Å²) in [6.07, 6.45) is -2.45. The summed E-state index contributed by atoms with van der Waals surface area (Å²) in [4.78, 5) is 12.6. The molecule has 1 N–H and O–H groups in total. The Morgan fingerprint density at radius 3 is 2.33 bits per heavy atom. The zero-order chi connectivity index (χ0) is 12.1. The third-order valence-electron chi connectivity index (χ3n) is 2.38. The number of aliphatic hydroxyl groups excluding tert-OH is 1. The summed E-state index contributed by atoms with van der Waals surface area (Å²) >= 11 is 0. The van der Waals surface area contributed by atoms with Crippen molar-refractivity contribution in [1.82, 2.24) is 4.90 Å². The molecule has 0 atom stereocenters. The standard InChI is InChI=1S/C10H19F2NO2/c1-8(15)10(2,3)7-13(4-5-14)6-9(11)12/h9,14H,4-7H2,1-3H3. The third-order valence-corrected chi connectivity index (χ3v) is 2.38. The normalized spacial score (nSPS) is 12.5. The Morgan fingerprint density at radius 2 is 2.00 bits per heavy atom. The molecule has 0 aromatic rings. The van der Waals surface area contributed by atoms with Crippen molar-refractivity contribution in [2.24, 2.45) is 5.41 Å². The number of hydrogen-bond acceptors (Lipinski definition) is 3. The van der Waals surface area contributed by atoms with E-state index in [0.717, 1.165) is 0 Å². The predicted octanol–water partition coefficient (Wildman–Crippen LogP) is 1.16. The molecule has 0 heterocycles. The quantitative estimate of drug-likeness (QED) is 0.704. The molecule has 0 saturated heterocycles. The number of Topliss-reactive ketones (excluding diaryl/α,β-unsaturated/α-hetero) is 1. The van der Waals surface area contributed by atoms with E-state index in [1.807, 2.05) is 0 Å². The van der Waals surface area contributed by atoms with Crippen LogP contribution >= 0.6 is 0 Å². The van der Waals surface area contributed by atoms with E-state index in [2.05, 4.69) is 0 Å². The van der Waals surface area contributed by atoms with Crippen molar-refractivity contribution in [3.63, 3.8) is 0 Å². The van der Waals surface area contributed by atoms with Gasteiger partial charge in [-0.3, -0.25) is 9.69 Å². The second kappa shape index (κ2) is 6.12. The average Bonchev–Trinajstić information content (AvgIpc) is 2.01. The molecule has 90 valence electrons. The number of rotatable bonds is 7. The van der Waals surface area contributed by atoms with Crippen LogP contribution in [-0.4, -0.2) is 48.5 Å². The van der Waals surface area contributed by atoms with Crippen molar-refractivity contribution in [3.05, 3.63) is 0 Å². The van der Waals surface area contributed by atoms with E-state index in [9.17, 15) is 13.6 Å². The fourth-order valence-corrected chi connectivity index (χ4v) is 1.24. The summed E-state index contributed by atoms with van der Waals surface area (Å²) in [5, 5.41) is 8.71. The number of nitrogens with zero attached hydrogens (tertiary/aromatic N) is 1. The van der Waals surface area contributed by atoms with E-state index >= 15 is 0 Å². The van der Waals surface area contributed by atoms with E-state index in [0.29, 0.717) is 0 Å². The number of carbonyl (C=O) groups is 1. The number of ketones is 1. The van der Waals surface area contributed by atoms with Crippen LogP contribution in [-0.2, 0) is 4.79 Å². The molecule has 0 aliphatic carbocycles. The van der Waals surface area contributed by atoms with E-state index < -0.39 is 18.4 Å². The fourth-order valence-electron chi connectivity index (χ4n) is 1.24. The monoisotopic (exact) mass is 223 g/mol. The zero-order valence-corrected chi connectivity index (χ0v) is 9.46. The molecule has 0 amide bonds. The van der Waals surface area contributed by atoms with Gasteiger partial charge in [-0.05, 0) is 6.92 Å². The predicted molar refractivity (Wildman–Crippen MR) is 54.0 cm³/mol. The maximum absolute atomic E-state index is 12.2. The molecule has 0 aromatic carbocycles. The summed E-state index contributed by atoms with van der Waals surface area (Å²) in [6, 6.07) is 0. The SMILES string of the molecule is CC(=O)C(C)(C)CN(CCO)CC(F)F. The minimum Gasteiger partial charge on any atom is -0.395 e. The van der Waals surface area contributed by atoms with Crippen LogP contribution in [0.1, 0.15) is 20.8 Å². The second-order valence-corrected chi connectivity index (χ2v) is 4.29. The van der Waals surface area contributed by atoms with Gasteiger partial charge in [0.1, 0.15) is 5.78 Å². The number of hydrogen-bond donors (Lipinski definition) is 1. The smallest absolute Gasteiger partial charge is 0.251 e. The molecule has 0 rings (SSSR count). The van der Waals surface area contributed by atoms with Crippen molar-refractivity contribution in [2.75, 3.05) is 26.2 Å². The number of aliphatic hydroxyl groups is 1. The van der Waals surface area contributed by atoms with Gasteiger partial charge in [-0.2, -0.15) is 0 Å². The lowest BCUT2D eigenvalue weighted by atomic mass is 9.88. The van der Waals surface area contributed by atoms with E-state index in [1.54, 1.807) is 13.8 Å². The molecule has 0 bridgehead atoms. The Hall–Kier alpha value is -0.550. The highest BCUT2D eigenvalue weighted by Gasteiger charge is 2.27. The molecular formula is C10H19F2NO2. The second-order valence-electron chi connectivity index (χ2n) is 4.29. The molecule has 0 radical (unpaired) electrons. The van der Waals surface area contributed by atoms with Crippen LogP contribution in [0.25, 0.3) is 0 Å². The van der Waals surface area contributed by atoms with Crippen molar-refractivity contribution in [3.8, 4) is 0 Å². The zero-order valence-electron chi connectivity index (χ0n) is 9.46. The lowest BCUT2D eigenvalue weighted by Gasteiger charge is -2.30. The lowest BCUT2D eigenvalue weighted by Crippen LogP contribution is -2.41. The summed E-state index contributed by atoms with van der Waals surface area (Å²) < 4.78 is 24.4. The van der Waals surface area contributed by atoms with Gasteiger partial charge in [-0.1, -0.05) is 13.8 Å². The van der Waals surface area contributed by atoms with Crippen LogP contribution in [0.4, 0.5) is 8.78 Å². The van der Waals surface area contributed by atoms with E-state index in [-0.39, 0.29) is 25.5 Å². The Balaban J connectivity index is 4.32. The van der Waals surface area contributed by atoms with Gasteiger partial charge in [0.2, 0.25) is 0 Å². The van der Waals surface area contributed by atoms with Crippen molar-refractivity contribution in [1.29, 1.82) is 0 Å². The molecule has 3 nitrogen and oxygen atoms in total. The molecule has 0 spiro atoms. The summed E-state index contributed by atoms with van der Waals surface area (Å²) in [5.41, 5.74) is -0.649. The maximum Gasteiger partial charge on any atom is 0.251 e. The van der Waals surface area contributed by atoms with Crippen LogP contribution < -0.4 is 0 Å². The Morgan fingerprint density at radius 1 is 1.47 bits per heavy atom. The van der Waals surface area contributed by atoms with Gasteiger partial charge in [0.25, 0.3) is 6.43 Å². The Bertz CT molecular complexity index is 208. The first-order valence-corrected chi connectivity index (χ1v) is 4.92. The number of alkyl halides is 2. The molecule has 0 aliphatic heterocycles. The van der Waals surface area contributed by atoms with Crippen molar-refractivity contribution in [2.45, 2.75) is 27.2 Å². The molecule has 0 unspecified atom stereocenters. The first-order chi connectivity index (χ1) is 6.79. The molecule has 5 heteroatoms. The van der Waals surface area contributed by atoms with Gasteiger partial charge in [0, 0.05) is 18.5 Å². The Labute approximate surface area is 89.1 Å². The van der Waals surface area contributed by atoms with Crippen LogP contribution in [0.5, 0.6) is 0 Å². The number of halogens is 2. The van der Waals surface area contributed by atoms with Gasteiger partial charge in [-0.15, -0.1) is 0 Å². The summed E-state index contributed by atoms with van der Waals surface area (Å²) in [6.45, 7) is 4.70. The van der Waals surface area contributed by atoms with E-state index in [1.165, 1.54) is 11.8 Å². The topological polar surface area (TPSA) is 40.5 Å². The van der Waals surface area contributed by atoms with Gasteiger partial charge >= 0.3 is 0 Å². The summed E-state index contributed by atoms with van der Waals surface area (Å²) in [5.74, 6) is -0.0419. The lowest BCUT2D eigenvalue weighted by molar-refractivity contribution is -0.126. The maximum atomic E-state index is 12.2. The fraction of sp³-hybridized carbons (Fsp3) is 0.900. The van der Waals surface area contributed by atoms with E-state index in [4.69, 9.17) is 5.11 Å². The highest BCUT2D eigenvalue weighted by atomic mass is 19.3. The first-order valence-electron chi connectivity index (χ1n) is 4.92. The third kappa shape index (κ3) is 5.79. The van der Waals surface area contributed by atoms with Gasteiger partial charge < -0.3 is 5.11 Å². The largest absolute Gasteiger partial charge is 0.395 e. The van der Waals surface area contributed by atoms with Crippen molar-refractivity contribution >= 4 is 5.78 Å². The molecule has 15 heavy (non-hydrogen) atoms. The van der Waals surface area contributed by atoms with Gasteiger partial charge in [0.15, 0.2) is 0 Å². The first kappa shape index (κ1) is 14.5. The molecule has 0 fully saturated rings. The Kier molecular flexibility index (Phi) is 5.90. The molecule has 0 saturated carbocycles. The van der Waals surface area contributed by atoms with Gasteiger partial charge in [0.05, 0.1) is 13.2 Å². The van der Waals surface area contributed by atoms with Crippen LogP contribution in [0.15, 0.2) is 0 Å². The molecule has 0 aromatic heterocycles. The summed E-state index contributed by atoms with van der Waals surface area (Å²) in [7, 11) is 0. The van der Waals surface area contributed by atoms with Crippen LogP contribution in [0, 0.1) is 5.41 Å². The minimum absolute atomic E-state index is 0.0419. The number of carbonyl (C=O) groups excluding carboxylic acids is 1. The molecular weight excluding hydrogens is 204 g/mol. The van der Waals surface area contributed by atoms with Crippen LogP contribution in [0.2, 0.25) is 0 Å². The van der Waals surface area contributed by atoms with Crippen LogP contribution in [0.3, 0.4) is 0 Å². The average molecular weight is 223 g/mol. The van der Waals surface area contributed by atoms with Gasteiger partial charge in [-0.25, -0.2) is 8.78 Å². The highest BCUT2D eigenvalue weighted by molar-refractivity contribution is 5.81.